The van der Waals surface area contributed by atoms with Gasteiger partial charge in [0, 0.05) is 43.4 Å². The van der Waals surface area contributed by atoms with Crippen LogP contribution in [0.15, 0.2) is 47.4 Å². The molecule has 0 saturated carbocycles. The SMILES string of the molecule is CCN(CC)S(=O)(=O)c1ccc(N2CCOCC2)c(C(=O)NCCc2ccc(Cl)cc2)c1. The van der Waals surface area contributed by atoms with Crippen molar-refractivity contribution in [3.05, 3.63) is 58.6 Å². The number of morpholine rings is 1. The first-order valence-electron chi connectivity index (χ1n) is 10.9. The summed E-state index contributed by atoms with van der Waals surface area (Å²) in [5, 5.41) is 3.61. The molecular formula is C23H30ClN3O4S. The highest BCUT2D eigenvalue weighted by Gasteiger charge is 2.26. The number of anilines is 1. The number of nitrogens with one attached hydrogen (secondary N) is 1. The van der Waals surface area contributed by atoms with Gasteiger partial charge in [-0.15, -0.1) is 0 Å². The average molecular weight is 480 g/mol. The summed E-state index contributed by atoms with van der Waals surface area (Å²) in [5.74, 6) is -0.294. The summed E-state index contributed by atoms with van der Waals surface area (Å²) >= 11 is 5.93. The molecule has 0 spiro atoms. The molecule has 1 aliphatic rings. The molecule has 0 atom stereocenters. The monoisotopic (exact) mass is 479 g/mol. The number of hydrogen-bond donors (Lipinski definition) is 1. The Bertz CT molecular complexity index is 1020. The zero-order valence-electron chi connectivity index (χ0n) is 18.5. The fourth-order valence-corrected chi connectivity index (χ4v) is 5.33. The number of ether oxygens (including phenoxy) is 1. The summed E-state index contributed by atoms with van der Waals surface area (Å²) in [6, 6.07) is 12.3. The Kier molecular flexibility index (Phi) is 8.53. The number of hydrogen-bond acceptors (Lipinski definition) is 5. The Hall–Kier alpha value is -2.13. The predicted octanol–water partition coefficient (Wildman–Crippen LogP) is 3.18. The summed E-state index contributed by atoms with van der Waals surface area (Å²) in [6.45, 7) is 7.19. The maximum Gasteiger partial charge on any atom is 0.253 e. The van der Waals surface area contributed by atoms with Crippen LogP contribution in [-0.2, 0) is 21.2 Å². The van der Waals surface area contributed by atoms with E-state index in [0.717, 1.165) is 11.3 Å². The highest BCUT2D eigenvalue weighted by atomic mass is 35.5. The van der Waals surface area contributed by atoms with Crippen molar-refractivity contribution < 1.29 is 17.9 Å². The summed E-state index contributed by atoms with van der Waals surface area (Å²) in [7, 11) is -3.67. The van der Waals surface area contributed by atoms with Crippen molar-refractivity contribution in [2.45, 2.75) is 25.2 Å². The van der Waals surface area contributed by atoms with E-state index in [2.05, 4.69) is 10.2 Å². The van der Waals surface area contributed by atoms with Gasteiger partial charge >= 0.3 is 0 Å². The average Bonchev–Trinajstić information content (AvgIpc) is 2.81. The van der Waals surface area contributed by atoms with Gasteiger partial charge in [0.05, 0.1) is 23.7 Å². The first-order chi connectivity index (χ1) is 15.4. The molecule has 0 bridgehead atoms. The maximum absolute atomic E-state index is 13.1. The van der Waals surface area contributed by atoms with Gasteiger partial charge in [-0.05, 0) is 42.3 Å². The van der Waals surface area contributed by atoms with Crippen molar-refractivity contribution in [3.8, 4) is 0 Å². The van der Waals surface area contributed by atoms with Crippen LogP contribution < -0.4 is 10.2 Å². The molecule has 0 aliphatic carbocycles. The zero-order chi connectivity index (χ0) is 23.1. The second kappa shape index (κ2) is 11.1. The number of carbonyl (C=O) groups is 1. The molecule has 1 saturated heterocycles. The van der Waals surface area contributed by atoms with E-state index in [1.807, 2.05) is 24.3 Å². The van der Waals surface area contributed by atoms with Gasteiger partial charge in [-0.3, -0.25) is 4.79 Å². The lowest BCUT2D eigenvalue weighted by Gasteiger charge is -2.30. The van der Waals surface area contributed by atoms with Gasteiger partial charge in [-0.1, -0.05) is 37.6 Å². The smallest absolute Gasteiger partial charge is 0.253 e. The number of halogens is 1. The van der Waals surface area contributed by atoms with Crippen molar-refractivity contribution in [1.82, 2.24) is 9.62 Å². The number of nitrogens with zero attached hydrogens (tertiary/aromatic N) is 2. The van der Waals surface area contributed by atoms with Crippen molar-refractivity contribution in [2.75, 3.05) is 50.8 Å². The van der Waals surface area contributed by atoms with Gasteiger partial charge in [0.2, 0.25) is 10.0 Å². The van der Waals surface area contributed by atoms with E-state index in [1.54, 1.807) is 26.0 Å². The predicted molar refractivity (Wildman–Crippen MR) is 127 cm³/mol. The minimum absolute atomic E-state index is 0.126. The van der Waals surface area contributed by atoms with Crippen LogP contribution in [0.2, 0.25) is 5.02 Å². The number of sulfonamides is 1. The molecule has 1 aliphatic heterocycles. The van der Waals surface area contributed by atoms with E-state index >= 15 is 0 Å². The molecule has 0 aromatic heterocycles. The normalized spacial score (nSPS) is 14.6. The lowest BCUT2D eigenvalue weighted by atomic mass is 10.1. The number of carbonyl (C=O) groups excluding carboxylic acids is 1. The molecule has 2 aromatic rings. The van der Waals surface area contributed by atoms with Crippen LogP contribution in [0.1, 0.15) is 29.8 Å². The first kappa shape index (κ1) is 24.5. The molecule has 2 aromatic carbocycles. The van der Waals surface area contributed by atoms with E-state index in [9.17, 15) is 13.2 Å². The van der Waals surface area contributed by atoms with Crippen molar-refractivity contribution >= 4 is 33.2 Å². The van der Waals surface area contributed by atoms with Crippen LogP contribution in [0.5, 0.6) is 0 Å². The molecule has 1 N–H and O–H groups in total. The summed E-state index contributed by atoms with van der Waals surface area (Å²) in [6.07, 6.45) is 0.646. The van der Waals surface area contributed by atoms with Crippen molar-refractivity contribution in [3.63, 3.8) is 0 Å². The summed E-state index contributed by atoms with van der Waals surface area (Å²) in [4.78, 5) is 15.3. The Labute approximate surface area is 195 Å². The molecule has 1 amide bonds. The Morgan fingerprint density at radius 1 is 1.09 bits per heavy atom. The topological polar surface area (TPSA) is 79.0 Å². The fourth-order valence-electron chi connectivity index (χ4n) is 3.72. The number of rotatable bonds is 9. The Morgan fingerprint density at radius 2 is 1.75 bits per heavy atom. The molecule has 1 fully saturated rings. The van der Waals surface area contributed by atoms with E-state index in [0.29, 0.717) is 62.9 Å². The van der Waals surface area contributed by atoms with Crippen LogP contribution in [0.25, 0.3) is 0 Å². The second-order valence-corrected chi connectivity index (χ2v) is 9.87. The largest absolute Gasteiger partial charge is 0.378 e. The molecule has 0 unspecified atom stereocenters. The highest BCUT2D eigenvalue weighted by Crippen LogP contribution is 2.27. The van der Waals surface area contributed by atoms with Crippen LogP contribution in [0.4, 0.5) is 5.69 Å². The first-order valence-corrected chi connectivity index (χ1v) is 12.7. The highest BCUT2D eigenvalue weighted by molar-refractivity contribution is 7.89. The van der Waals surface area contributed by atoms with Crippen LogP contribution in [0, 0.1) is 0 Å². The Balaban J connectivity index is 1.85. The summed E-state index contributed by atoms with van der Waals surface area (Å²) in [5.41, 5.74) is 2.13. The number of benzene rings is 2. The van der Waals surface area contributed by atoms with Gasteiger partial charge in [-0.2, -0.15) is 4.31 Å². The van der Waals surface area contributed by atoms with Crippen LogP contribution >= 0.6 is 11.6 Å². The van der Waals surface area contributed by atoms with Gasteiger partial charge in [0.25, 0.3) is 5.91 Å². The van der Waals surface area contributed by atoms with Gasteiger partial charge in [0.1, 0.15) is 0 Å². The zero-order valence-corrected chi connectivity index (χ0v) is 20.1. The van der Waals surface area contributed by atoms with Crippen LogP contribution in [-0.4, -0.2) is 64.6 Å². The summed E-state index contributed by atoms with van der Waals surface area (Å²) < 4.78 is 32.9. The lowest BCUT2D eigenvalue weighted by Crippen LogP contribution is -2.38. The van der Waals surface area contributed by atoms with E-state index in [-0.39, 0.29) is 10.8 Å². The molecule has 1 heterocycles. The van der Waals surface area contributed by atoms with Gasteiger partial charge in [0.15, 0.2) is 0 Å². The van der Waals surface area contributed by atoms with E-state index in [1.165, 1.54) is 10.4 Å². The molecular weight excluding hydrogens is 450 g/mol. The minimum Gasteiger partial charge on any atom is -0.378 e. The molecule has 32 heavy (non-hydrogen) atoms. The fraction of sp³-hybridized carbons (Fsp3) is 0.435. The quantitative estimate of drug-likeness (QED) is 0.597. The van der Waals surface area contributed by atoms with Gasteiger partial charge < -0.3 is 15.0 Å². The molecule has 7 nitrogen and oxygen atoms in total. The van der Waals surface area contributed by atoms with Crippen molar-refractivity contribution in [1.29, 1.82) is 0 Å². The molecule has 9 heteroatoms. The third kappa shape index (κ3) is 5.81. The third-order valence-corrected chi connectivity index (χ3v) is 7.82. The molecule has 3 rings (SSSR count). The van der Waals surface area contributed by atoms with Crippen LogP contribution in [0.3, 0.4) is 0 Å². The van der Waals surface area contributed by atoms with E-state index in [4.69, 9.17) is 16.3 Å². The van der Waals surface area contributed by atoms with Crippen molar-refractivity contribution in [2.24, 2.45) is 0 Å². The molecule has 0 radical (unpaired) electrons. The molecule has 174 valence electrons. The maximum atomic E-state index is 13.1. The lowest BCUT2D eigenvalue weighted by molar-refractivity contribution is 0.0952. The Morgan fingerprint density at radius 3 is 2.38 bits per heavy atom. The standard InChI is InChI=1S/C23H30ClN3O4S/c1-3-27(4-2)32(29,30)20-9-10-22(26-13-15-31-16-14-26)21(17-20)23(28)25-12-11-18-5-7-19(24)8-6-18/h5-10,17H,3-4,11-16H2,1-2H3,(H,25,28). The third-order valence-electron chi connectivity index (χ3n) is 5.52. The van der Waals surface area contributed by atoms with E-state index < -0.39 is 10.0 Å². The number of amides is 1. The minimum atomic E-state index is -3.67. The van der Waals surface area contributed by atoms with Gasteiger partial charge in [-0.25, -0.2) is 8.42 Å². The second-order valence-electron chi connectivity index (χ2n) is 7.50.